The molecule has 2 aromatic rings. The molecule has 2 N–H and O–H groups in total. The zero-order valence-electron chi connectivity index (χ0n) is 21.8. The average Bonchev–Trinajstić information content (AvgIpc) is 2.86. The third-order valence-corrected chi connectivity index (χ3v) is 6.96. The lowest BCUT2D eigenvalue weighted by molar-refractivity contribution is 0.138. The Morgan fingerprint density at radius 2 is 0.971 bits per heavy atom. The third kappa shape index (κ3) is 9.91. The third-order valence-electron chi connectivity index (χ3n) is 6.96. The van der Waals surface area contributed by atoms with Gasteiger partial charge in [-0.25, -0.2) is 4.79 Å². The summed E-state index contributed by atoms with van der Waals surface area (Å²) < 4.78 is 0. The Bertz CT molecular complexity index is 702. The Morgan fingerprint density at radius 3 is 1.32 bits per heavy atom. The van der Waals surface area contributed by atoms with Gasteiger partial charge in [-0.05, 0) is 24.0 Å². The van der Waals surface area contributed by atoms with Crippen molar-refractivity contribution in [2.45, 2.75) is 116 Å². The smallest absolute Gasteiger partial charge is 0.315 e. The Balaban J connectivity index is 2.21. The fraction of sp³-hybridized carbons (Fsp3) is 0.581. The van der Waals surface area contributed by atoms with Gasteiger partial charge in [-0.3, -0.25) is 0 Å². The fourth-order valence-corrected chi connectivity index (χ4v) is 5.04. The highest BCUT2D eigenvalue weighted by Gasteiger charge is 2.31. The molecule has 2 rings (SSSR count). The van der Waals surface area contributed by atoms with E-state index in [0.717, 1.165) is 25.7 Å². The van der Waals surface area contributed by atoms with Crippen LogP contribution in [0.5, 0.6) is 0 Å². The first-order valence-electron chi connectivity index (χ1n) is 13.9. The molecular weight excluding hydrogens is 416 g/mol. The SMILES string of the molecule is CCCCCCCCC(c1ccccc1)N(C(N)=O)C(CCCCCCCC)c1ccccc1. The van der Waals surface area contributed by atoms with Crippen LogP contribution in [0.15, 0.2) is 60.7 Å². The summed E-state index contributed by atoms with van der Waals surface area (Å²) in [7, 11) is 0. The van der Waals surface area contributed by atoms with E-state index >= 15 is 0 Å². The van der Waals surface area contributed by atoms with E-state index in [9.17, 15) is 4.79 Å². The molecule has 34 heavy (non-hydrogen) atoms. The molecule has 2 atom stereocenters. The van der Waals surface area contributed by atoms with Crippen LogP contribution in [0, 0.1) is 0 Å². The molecule has 3 heteroatoms. The molecule has 0 spiro atoms. The van der Waals surface area contributed by atoms with Gasteiger partial charge in [0, 0.05) is 0 Å². The molecule has 188 valence electrons. The van der Waals surface area contributed by atoms with Crippen molar-refractivity contribution in [3.63, 3.8) is 0 Å². The van der Waals surface area contributed by atoms with E-state index in [1.165, 1.54) is 75.3 Å². The summed E-state index contributed by atoms with van der Waals surface area (Å²) in [6, 6.07) is 20.7. The van der Waals surface area contributed by atoms with Crippen molar-refractivity contribution in [3.05, 3.63) is 71.8 Å². The highest BCUT2D eigenvalue weighted by atomic mass is 16.2. The first kappa shape index (κ1) is 28.0. The summed E-state index contributed by atoms with van der Waals surface area (Å²) in [6.45, 7) is 4.51. The Kier molecular flexibility index (Phi) is 14.1. The summed E-state index contributed by atoms with van der Waals surface area (Å²) in [5, 5.41) is 0. The first-order chi connectivity index (χ1) is 16.7. The lowest BCUT2D eigenvalue weighted by atomic mass is 9.92. The van der Waals surface area contributed by atoms with Crippen LogP contribution >= 0.6 is 0 Å². The molecule has 0 radical (unpaired) electrons. The Morgan fingerprint density at radius 1 is 0.618 bits per heavy atom. The van der Waals surface area contributed by atoms with Crippen LogP contribution in [0.2, 0.25) is 0 Å². The minimum Gasteiger partial charge on any atom is -0.351 e. The van der Waals surface area contributed by atoms with Crippen LogP contribution in [-0.4, -0.2) is 10.9 Å². The molecule has 0 aliphatic rings. The van der Waals surface area contributed by atoms with Gasteiger partial charge in [-0.2, -0.15) is 0 Å². The minimum atomic E-state index is -0.306. The van der Waals surface area contributed by atoms with E-state index in [-0.39, 0.29) is 18.1 Å². The number of hydrogen-bond acceptors (Lipinski definition) is 1. The number of amides is 2. The van der Waals surface area contributed by atoms with Crippen LogP contribution < -0.4 is 5.73 Å². The van der Waals surface area contributed by atoms with Crippen molar-refractivity contribution < 1.29 is 4.79 Å². The van der Waals surface area contributed by atoms with Gasteiger partial charge in [-0.15, -0.1) is 0 Å². The molecule has 0 aliphatic heterocycles. The number of unbranched alkanes of at least 4 members (excludes halogenated alkanes) is 10. The second-order valence-electron chi connectivity index (χ2n) is 9.71. The molecule has 0 aliphatic carbocycles. The Labute approximate surface area is 209 Å². The fourth-order valence-electron chi connectivity index (χ4n) is 5.04. The maximum Gasteiger partial charge on any atom is 0.315 e. The van der Waals surface area contributed by atoms with E-state index in [2.05, 4.69) is 62.4 Å². The number of carbonyl (C=O) groups excluding carboxylic acids is 1. The van der Waals surface area contributed by atoms with Gasteiger partial charge < -0.3 is 10.6 Å². The van der Waals surface area contributed by atoms with Crippen molar-refractivity contribution in [3.8, 4) is 0 Å². The zero-order valence-corrected chi connectivity index (χ0v) is 21.8. The van der Waals surface area contributed by atoms with Gasteiger partial charge in [0.05, 0.1) is 12.1 Å². The van der Waals surface area contributed by atoms with Gasteiger partial charge in [0.15, 0.2) is 0 Å². The van der Waals surface area contributed by atoms with Crippen LogP contribution in [0.3, 0.4) is 0 Å². The molecular formula is C31H48N2O. The van der Waals surface area contributed by atoms with E-state index in [1.807, 2.05) is 17.0 Å². The van der Waals surface area contributed by atoms with Gasteiger partial charge in [-0.1, -0.05) is 152 Å². The number of primary amides is 1. The van der Waals surface area contributed by atoms with Crippen molar-refractivity contribution in [2.75, 3.05) is 0 Å². The zero-order chi connectivity index (χ0) is 24.4. The maximum absolute atomic E-state index is 13.0. The van der Waals surface area contributed by atoms with Crippen molar-refractivity contribution >= 4 is 6.03 Å². The van der Waals surface area contributed by atoms with E-state index in [0.29, 0.717) is 0 Å². The molecule has 0 fully saturated rings. The maximum atomic E-state index is 13.0. The molecule has 0 saturated carbocycles. The van der Waals surface area contributed by atoms with E-state index in [1.54, 1.807) is 0 Å². The van der Waals surface area contributed by atoms with Crippen LogP contribution in [-0.2, 0) is 0 Å². The summed E-state index contributed by atoms with van der Waals surface area (Å²) in [5.74, 6) is 0. The normalized spacial score (nSPS) is 12.9. The van der Waals surface area contributed by atoms with E-state index < -0.39 is 0 Å². The standard InChI is InChI=1S/C31H48N2O/c1-3-5-7-9-11-19-25-29(27-21-15-13-16-22-27)33(31(32)34)30(28-23-17-14-18-24-28)26-20-12-10-8-6-4-2/h13-18,21-24,29-30H,3-12,19-20,25-26H2,1-2H3,(H2,32,34). The lowest BCUT2D eigenvalue weighted by Gasteiger charge is -2.38. The van der Waals surface area contributed by atoms with Gasteiger partial charge in [0.1, 0.15) is 0 Å². The number of carbonyl (C=O) groups is 1. The second-order valence-corrected chi connectivity index (χ2v) is 9.71. The molecule has 2 unspecified atom stereocenters. The number of hydrogen-bond donors (Lipinski definition) is 1. The number of urea groups is 1. The summed E-state index contributed by atoms with van der Waals surface area (Å²) in [6.07, 6.45) is 16.9. The lowest BCUT2D eigenvalue weighted by Crippen LogP contribution is -2.41. The van der Waals surface area contributed by atoms with Crippen molar-refractivity contribution in [1.82, 2.24) is 4.90 Å². The quantitative estimate of drug-likeness (QED) is 0.219. The van der Waals surface area contributed by atoms with Crippen LogP contribution in [0.1, 0.15) is 127 Å². The molecule has 0 heterocycles. The first-order valence-corrected chi connectivity index (χ1v) is 13.9. The van der Waals surface area contributed by atoms with Crippen molar-refractivity contribution in [1.29, 1.82) is 0 Å². The average molecular weight is 465 g/mol. The van der Waals surface area contributed by atoms with Gasteiger partial charge >= 0.3 is 6.03 Å². The highest BCUT2D eigenvalue weighted by molar-refractivity contribution is 5.73. The monoisotopic (exact) mass is 464 g/mol. The second kappa shape index (κ2) is 17.2. The number of nitrogens with two attached hydrogens (primary N) is 1. The predicted octanol–water partition coefficient (Wildman–Crippen LogP) is 9.35. The molecule has 2 aromatic carbocycles. The molecule has 3 nitrogen and oxygen atoms in total. The van der Waals surface area contributed by atoms with Gasteiger partial charge in [0.25, 0.3) is 0 Å². The number of nitrogens with zero attached hydrogens (tertiary/aromatic N) is 1. The van der Waals surface area contributed by atoms with E-state index in [4.69, 9.17) is 5.73 Å². The minimum absolute atomic E-state index is 0.00942. The highest BCUT2D eigenvalue weighted by Crippen LogP contribution is 2.37. The summed E-state index contributed by atoms with van der Waals surface area (Å²) in [4.78, 5) is 15.0. The number of rotatable bonds is 18. The topological polar surface area (TPSA) is 46.3 Å². The number of benzene rings is 2. The largest absolute Gasteiger partial charge is 0.351 e. The Hall–Kier alpha value is -2.29. The molecule has 2 amide bonds. The van der Waals surface area contributed by atoms with Crippen molar-refractivity contribution in [2.24, 2.45) is 5.73 Å². The molecule has 0 saturated heterocycles. The molecule has 0 bridgehead atoms. The molecule has 0 aromatic heterocycles. The predicted molar refractivity (Wildman–Crippen MR) is 146 cm³/mol. The summed E-state index contributed by atoms with van der Waals surface area (Å²) >= 11 is 0. The van der Waals surface area contributed by atoms with Crippen LogP contribution in [0.25, 0.3) is 0 Å². The van der Waals surface area contributed by atoms with Crippen LogP contribution in [0.4, 0.5) is 4.79 Å². The summed E-state index contributed by atoms with van der Waals surface area (Å²) in [5.41, 5.74) is 8.53. The van der Waals surface area contributed by atoms with Gasteiger partial charge in [0.2, 0.25) is 0 Å².